The van der Waals surface area contributed by atoms with E-state index in [2.05, 4.69) is 146 Å². The molecule has 5 aromatic carbocycles. The summed E-state index contributed by atoms with van der Waals surface area (Å²) >= 11 is 0. The van der Waals surface area contributed by atoms with E-state index in [1.165, 1.54) is 66.1 Å². The maximum absolute atomic E-state index is 2.42. The van der Waals surface area contributed by atoms with Crippen molar-refractivity contribution in [2.45, 2.75) is 39.5 Å². The molecule has 186 valence electrons. The second-order valence-electron chi connectivity index (χ2n) is 11.1. The van der Waals surface area contributed by atoms with Crippen molar-refractivity contribution in [3.05, 3.63) is 120 Å². The first-order valence-electron chi connectivity index (χ1n) is 13.7. The van der Waals surface area contributed by atoms with Crippen LogP contribution in [0.5, 0.6) is 0 Å². The van der Waals surface area contributed by atoms with Gasteiger partial charge in [-0.05, 0) is 77.6 Å². The summed E-state index contributed by atoms with van der Waals surface area (Å²) in [7, 11) is 0. The van der Waals surface area contributed by atoms with Crippen molar-refractivity contribution in [2.75, 3.05) is 0 Å². The summed E-state index contributed by atoms with van der Waals surface area (Å²) in [5, 5.41) is 5.23. The van der Waals surface area contributed by atoms with Gasteiger partial charge in [0, 0.05) is 32.9 Å². The second-order valence-corrected chi connectivity index (χ2v) is 11.1. The molecule has 0 N–H and O–H groups in total. The first kappa shape index (κ1) is 22.9. The zero-order valence-electron chi connectivity index (χ0n) is 22.4. The molecule has 0 aliphatic heterocycles. The van der Waals surface area contributed by atoms with Crippen LogP contribution in [0.1, 0.15) is 50.7 Å². The second kappa shape index (κ2) is 8.63. The Bertz CT molecular complexity index is 1840. The van der Waals surface area contributed by atoms with Gasteiger partial charge in [0.05, 0.1) is 22.1 Å². The van der Waals surface area contributed by atoms with E-state index in [1.54, 1.807) is 0 Å². The highest BCUT2D eigenvalue weighted by Gasteiger charge is 2.16. The monoisotopic (exact) mass is 492 g/mol. The SMILES string of the molecule is CC(C)c1ccc2c(c1)c1ccccc1n2-c1cccc(-n2c3ccccc3c3cc(C(C)C)ccc32)c1. The van der Waals surface area contributed by atoms with E-state index in [1.807, 2.05) is 0 Å². The zero-order valence-corrected chi connectivity index (χ0v) is 22.4. The molecule has 0 spiro atoms. The van der Waals surface area contributed by atoms with Gasteiger partial charge >= 0.3 is 0 Å². The largest absolute Gasteiger partial charge is 0.309 e. The molecule has 0 aliphatic rings. The standard InChI is InChI=1S/C36H32N2/c1-23(2)25-16-18-35-31(20-25)29-12-5-7-14-33(29)37(35)27-10-9-11-28(22-27)38-34-15-8-6-13-30(34)32-21-26(24(3)4)17-19-36(32)38/h5-24H,1-4H3. The molecule has 0 unspecified atom stereocenters. The number of para-hydroxylation sites is 2. The lowest BCUT2D eigenvalue weighted by Gasteiger charge is -2.13. The van der Waals surface area contributed by atoms with Gasteiger partial charge in [-0.2, -0.15) is 0 Å². The average Bonchev–Trinajstić information content (AvgIpc) is 3.45. The van der Waals surface area contributed by atoms with Gasteiger partial charge in [-0.25, -0.2) is 0 Å². The Balaban J connectivity index is 1.50. The van der Waals surface area contributed by atoms with Crippen molar-refractivity contribution < 1.29 is 0 Å². The molecule has 0 atom stereocenters. The van der Waals surface area contributed by atoms with Gasteiger partial charge < -0.3 is 9.13 Å². The molecule has 0 radical (unpaired) electrons. The van der Waals surface area contributed by atoms with Crippen molar-refractivity contribution >= 4 is 43.6 Å². The van der Waals surface area contributed by atoms with Crippen LogP contribution in [-0.4, -0.2) is 9.13 Å². The minimum absolute atomic E-state index is 0.497. The predicted octanol–water partition coefficient (Wildman–Crippen LogP) is 10.1. The third-order valence-electron chi connectivity index (χ3n) is 8.07. The van der Waals surface area contributed by atoms with Crippen LogP contribution in [0.15, 0.2) is 109 Å². The molecule has 0 bridgehead atoms. The lowest BCUT2D eigenvalue weighted by Crippen LogP contribution is -1.98. The lowest BCUT2D eigenvalue weighted by molar-refractivity contribution is 0.868. The fraction of sp³-hybridized carbons (Fsp3) is 0.167. The number of benzene rings is 5. The van der Waals surface area contributed by atoms with E-state index in [4.69, 9.17) is 0 Å². The van der Waals surface area contributed by atoms with Gasteiger partial charge in [0.15, 0.2) is 0 Å². The minimum atomic E-state index is 0.497. The van der Waals surface area contributed by atoms with Crippen molar-refractivity contribution in [1.82, 2.24) is 9.13 Å². The van der Waals surface area contributed by atoms with Gasteiger partial charge in [-0.3, -0.25) is 0 Å². The quantitative estimate of drug-likeness (QED) is 0.231. The van der Waals surface area contributed by atoms with Crippen LogP contribution >= 0.6 is 0 Å². The molecule has 2 heterocycles. The number of fused-ring (bicyclic) bond motifs is 6. The van der Waals surface area contributed by atoms with Crippen molar-refractivity contribution in [2.24, 2.45) is 0 Å². The maximum atomic E-state index is 2.42. The summed E-state index contributed by atoms with van der Waals surface area (Å²) in [6, 6.07) is 40.5. The Morgan fingerprint density at radius 1 is 0.395 bits per heavy atom. The first-order chi connectivity index (χ1) is 18.5. The van der Waals surface area contributed by atoms with E-state index < -0.39 is 0 Å². The molecule has 0 amide bonds. The fourth-order valence-corrected chi connectivity index (χ4v) is 6.03. The van der Waals surface area contributed by atoms with Crippen LogP contribution in [-0.2, 0) is 0 Å². The average molecular weight is 493 g/mol. The van der Waals surface area contributed by atoms with Crippen molar-refractivity contribution in [1.29, 1.82) is 0 Å². The van der Waals surface area contributed by atoms with E-state index in [0.29, 0.717) is 11.8 Å². The molecule has 38 heavy (non-hydrogen) atoms. The fourth-order valence-electron chi connectivity index (χ4n) is 6.03. The minimum Gasteiger partial charge on any atom is -0.309 e. The molecule has 2 aromatic heterocycles. The summed E-state index contributed by atoms with van der Waals surface area (Å²) in [5.41, 5.74) is 10.1. The summed E-state index contributed by atoms with van der Waals surface area (Å²) in [4.78, 5) is 0. The van der Waals surface area contributed by atoms with Crippen molar-refractivity contribution in [3.63, 3.8) is 0 Å². The molecule has 7 rings (SSSR count). The van der Waals surface area contributed by atoms with Gasteiger partial charge in [0.25, 0.3) is 0 Å². The number of hydrogen-bond acceptors (Lipinski definition) is 0. The highest BCUT2D eigenvalue weighted by molar-refractivity contribution is 6.10. The van der Waals surface area contributed by atoms with Gasteiger partial charge in [0.2, 0.25) is 0 Å². The maximum Gasteiger partial charge on any atom is 0.0541 e. The number of hydrogen-bond donors (Lipinski definition) is 0. The third-order valence-corrected chi connectivity index (χ3v) is 8.07. The van der Waals surface area contributed by atoms with E-state index >= 15 is 0 Å². The van der Waals surface area contributed by atoms with E-state index in [9.17, 15) is 0 Å². The smallest absolute Gasteiger partial charge is 0.0541 e. The summed E-state index contributed by atoms with van der Waals surface area (Å²) in [5.74, 6) is 0.993. The van der Waals surface area contributed by atoms with Gasteiger partial charge in [0.1, 0.15) is 0 Å². The van der Waals surface area contributed by atoms with Crippen LogP contribution < -0.4 is 0 Å². The van der Waals surface area contributed by atoms with Gasteiger partial charge in [-0.15, -0.1) is 0 Å². The molecular weight excluding hydrogens is 460 g/mol. The highest BCUT2D eigenvalue weighted by Crippen LogP contribution is 2.37. The summed E-state index contributed by atoms with van der Waals surface area (Å²) in [6.07, 6.45) is 0. The number of rotatable bonds is 4. The van der Waals surface area contributed by atoms with Crippen molar-refractivity contribution in [3.8, 4) is 11.4 Å². The normalized spacial score (nSPS) is 12.2. The first-order valence-corrected chi connectivity index (χ1v) is 13.7. The van der Waals surface area contributed by atoms with Crippen LogP contribution in [0.2, 0.25) is 0 Å². The molecular formula is C36H32N2. The molecule has 2 heteroatoms. The Morgan fingerprint density at radius 3 is 1.26 bits per heavy atom. The summed E-state index contributed by atoms with van der Waals surface area (Å²) < 4.78 is 4.84. The van der Waals surface area contributed by atoms with Gasteiger partial charge in [-0.1, -0.05) is 82.3 Å². The number of aromatic nitrogens is 2. The zero-order chi connectivity index (χ0) is 26.0. The molecule has 7 aromatic rings. The molecule has 0 aliphatic carbocycles. The summed E-state index contributed by atoms with van der Waals surface area (Å²) in [6.45, 7) is 9.05. The third kappa shape index (κ3) is 3.40. The molecule has 0 saturated heterocycles. The van der Waals surface area contributed by atoms with Crippen LogP contribution in [0.25, 0.3) is 55.0 Å². The topological polar surface area (TPSA) is 9.86 Å². The van der Waals surface area contributed by atoms with Crippen LogP contribution in [0.3, 0.4) is 0 Å². The van der Waals surface area contributed by atoms with E-state index in [0.717, 1.165) is 0 Å². The molecule has 0 saturated carbocycles. The molecule has 0 fully saturated rings. The Morgan fingerprint density at radius 2 is 0.816 bits per heavy atom. The predicted molar refractivity (Wildman–Crippen MR) is 163 cm³/mol. The number of nitrogens with zero attached hydrogens (tertiary/aromatic N) is 2. The lowest BCUT2D eigenvalue weighted by atomic mass is 10.0. The Labute approximate surface area is 223 Å². The van der Waals surface area contributed by atoms with Crippen LogP contribution in [0, 0.1) is 0 Å². The Hall–Kier alpha value is -4.30. The molecule has 2 nitrogen and oxygen atoms in total. The van der Waals surface area contributed by atoms with E-state index in [-0.39, 0.29) is 0 Å². The van der Waals surface area contributed by atoms with Crippen LogP contribution in [0.4, 0.5) is 0 Å². The highest BCUT2D eigenvalue weighted by atomic mass is 15.0. The Kier molecular flexibility index (Phi) is 5.19.